The molecule has 8 heteroatoms. The Morgan fingerprint density at radius 1 is 1.00 bits per heavy atom. The maximum absolute atomic E-state index is 5.60. The summed E-state index contributed by atoms with van der Waals surface area (Å²) in [5, 5.41) is 16.1. The molecule has 0 bridgehead atoms. The Morgan fingerprint density at radius 3 is 2.66 bits per heavy atom. The monoisotopic (exact) mass is 460 g/mol. The van der Waals surface area contributed by atoms with E-state index in [2.05, 4.69) is 49.6 Å². The van der Waals surface area contributed by atoms with E-state index in [0.29, 0.717) is 5.75 Å². The van der Waals surface area contributed by atoms with E-state index in [-0.39, 0.29) is 0 Å². The average Bonchev–Trinajstić information content (AvgIpc) is 3.60. The minimum Gasteiger partial charge on any atom is -0.496 e. The largest absolute Gasteiger partial charge is 0.496 e. The average molecular weight is 461 g/mol. The van der Waals surface area contributed by atoms with Gasteiger partial charge in [-0.05, 0) is 35.7 Å². The molecule has 3 aromatic heterocycles. The first kappa shape index (κ1) is 20.5. The summed E-state index contributed by atoms with van der Waals surface area (Å²) in [6.45, 7) is 0. The second-order valence-electron chi connectivity index (χ2n) is 6.99. The van der Waals surface area contributed by atoms with E-state index in [4.69, 9.17) is 9.26 Å². The fourth-order valence-corrected chi connectivity index (χ4v) is 4.96. The third-order valence-corrected chi connectivity index (χ3v) is 6.74. The van der Waals surface area contributed by atoms with Crippen LogP contribution in [0, 0.1) is 0 Å². The van der Waals surface area contributed by atoms with Gasteiger partial charge in [0.2, 0.25) is 0 Å². The fourth-order valence-electron chi connectivity index (χ4n) is 3.41. The number of methoxy groups -OCH3 is 1. The maximum Gasteiger partial charge on any atom is 0.196 e. The molecule has 0 aliphatic heterocycles. The second kappa shape index (κ2) is 9.42. The Morgan fingerprint density at radius 2 is 1.84 bits per heavy atom. The summed E-state index contributed by atoms with van der Waals surface area (Å²) in [6.07, 6.45) is 0.736. The number of rotatable bonds is 8. The van der Waals surface area contributed by atoms with Crippen molar-refractivity contribution in [2.45, 2.75) is 17.3 Å². The number of ether oxygens (including phenoxy) is 1. The molecule has 160 valence electrons. The van der Waals surface area contributed by atoms with Crippen molar-refractivity contribution in [2.75, 3.05) is 7.11 Å². The normalized spacial score (nSPS) is 11.0. The van der Waals surface area contributed by atoms with E-state index in [1.807, 2.05) is 48.5 Å². The van der Waals surface area contributed by atoms with Crippen molar-refractivity contribution < 1.29 is 9.26 Å². The van der Waals surface area contributed by atoms with Crippen molar-refractivity contribution >= 4 is 23.1 Å². The molecule has 2 aromatic carbocycles. The number of para-hydroxylation sites is 2. The van der Waals surface area contributed by atoms with Gasteiger partial charge in [0.25, 0.3) is 0 Å². The lowest BCUT2D eigenvalue weighted by Crippen LogP contribution is -2.03. The molecule has 3 heterocycles. The number of aromatic nitrogens is 4. The van der Waals surface area contributed by atoms with Crippen LogP contribution in [0.4, 0.5) is 0 Å². The quantitative estimate of drug-likeness (QED) is 0.270. The molecule has 0 aliphatic rings. The van der Waals surface area contributed by atoms with Crippen LogP contribution in [0.1, 0.15) is 16.5 Å². The number of thiophene rings is 1. The highest BCUT2D eigenvalue weighted by Gasteiger charge is 2.17. The van der Waals surface area contributed by atoms with Crippen LogP contribution < -0.4 is 4.74 Å². The molecule has 0 saturated heterocycles. The van der Waals surface area contributed by atoms with Crippen LogP contribution in [0.2, 0.25) is 0 Å². The third-order valence-electron chi connectivity index (χ3n) is 4.91. The lowest BCUT2D eigenvalue weighted by Gasteiger charge is -2.09. The smallest absolute Gasteiger partial charge is 0.196 e. The van der Waals surface area contributed by atoms with Gasteiger partial charge >= 0.3 is 0 Å². The molecule has 0 aliphatic carbocycles. The van der Waals surface area contributed by atoms with Crippen LogP contribution in [0.5, 0.6) is 5.75 Å². The van der Waals surface area contributed by atoms with Gasteiger partial charge in [0.1, 0.15) is 23.0 Å². The van der Waals surface area contributed by atoms with Gasteiger partial charge in [-0.2, -0.15) is 0 Å². The van der Waals surface area contributed by atoms with Crippen LogP contribution in [0.25, 0.3) is 16.9 Å². The molecule has 0 saturated carbocycles. The molecule has 0 fully saturated rings. The first-order valence-electron chi connectivity index (χ1n) is 10.1. The molecule has 6 nitrogen and oxygen atoms in total. The van der Waals surface area contributed by atoms with Gasteiger partial charge in [-0.3, -0.25) is 4.57 Å². The predicted molar refractivity (Wildman–Crippen MR) is 127 cm³/mol. The molecule has 0 radical (unpaired) electrons. The standard InChI is InChI=1S/C24H20N4O2S2/c1-29-22-12-6-5-11-20(22)21-14-18(30-27-21)16-32-24-26-25-23(15-19-10-7-13-31-19)28(24)17-8-3-2-4-9-17/h2-14H,15-16H2,1H3. The minimum atomic E-state index is 0.589. The van der Waals surface area contributed by atoms with Crippen molar-refractivity contribution in [3.63, 3.8) is 0 Å². The molecule has 5 aromatic rings. The summed E-state index contributed by atoms with van der Waals surface area (Å²) in [4.78, 5) is 1.25. The molecule has 0 N–H and O–H groups in total. The van der Waals surface area contributed by atoms with Gasteiger partial charge in [-0.15, -0.1) is 21.5 Å². The zero-order valence-corrected chi connectivity index (χ0v) is 19.0. The molecule has 0 unspecified atom stereocenters. The van der Waals surface area contributed by atoms with Crippen LogP contribution >= 0.6 is 23.1 Å². The number of hydrogen-bond acceptors (Lipinski definition) is 7. The van der Waals surface area contributed by atoms with E-state index in [9.17, 15) is 0 Å². The first-order valence-corrected chi connectivity index (χ1v) is 11.9. The third kappa shape index (κ3) is 4.32. The fraction of sp³-hybridized carbons (Fsp3) is 0.125. The van der Waals surface area contributed by atoms with Gasteiger partial charge in [0.05, 0.1) is 12.9 Å². The summed E-state index contributed by atoms with van der Waals surface area (Å²) in [5.41, 5.74) is 2.69. The SMILES string of the molecule is COc1ccccc1-c1cc(CSc2nnc(Cc3cccs3)n2-c2ccccc2)on1. The second-order valence-corrected chi connectivity index (χ2v) is 8.97. The lowest BCUT2D eigenvalue weighted by molar-refractivity contribution is 0.395. The van der Waals surface area contributed by atoms with Gasteiger partial charge in [-0.1, -0.05) is 53.3 Å². The van der Waals surface area contributed by atoms with Gasteiger partial charge in [0, 0.05) is 28.6 Å². The summed E-state index contributed by atoms with van der Waals surface area (Å²) in [6, 6.07) is 24.1. The van der Waals surface area contributed by atoms with E-state index in [1.165, 1.54) is 4.88 Å². The zero-order chi connectivity index (χ0) is 21.8. The predicted octanol–water partition coefficient (Wildman–Crippen LogP) is 5.88. The number of benzene rings is 2. The molecule has 0 spiro atoms. The van der Waals surface area contributed by atoms with Gasteiger partial charge < -0.3 is 9.26 Å². The highest BCUT2D eigenvalue weighted by atomic mass is 32.2. The van der Waals surface area contributed by atoms with E-state index >= 15 is 0 Å². The van der Waals surface area contributed by atoms with Crippen molar-refractivity contribution in [3.8, 4) is 22.7 Å². The van der Waals surface area contributed by atoms with Gasteiger partial charge in [-0.25, -0.2) is 0 Å². The summed E-state index contributed by atoms with van der Waals surface area (Å²) >= 11 is 3.30. The summed E-state index contributed by atoms with van der Waals surface area (Å²) in [5.74, 6) is 3.03. The highest BCUT2D eigenvalue weighted by Crippen LogP contribution is 2.31. The Kier molecular flexibility index (Phi) is 6.04. The summed E-state index contributed by atoms with van der Waals surface area (Å²) < 4.78 is 13.1. The topological polar surface area (TPSA) is 66.0 Å². The van der Waals surface area contributed by atoms with Crippen LogP contribution in [0.15, 0.2) is 87.9 Å². The van der Waals surface area contributed by atoms with Crippen molar-refractivity contribution in [2.24, 2.45) is 0 Å². The van der Waals surface area contributed by atoms with Crippen LogP contribution in [-0.4, -0.2) is 27.0 Å². The number of nitrogens with zero attached hydrogens (tertiary/aromatic N) is 4. The summed E-state index contributed by atoms with van der Waals surface area (Å²) in [7, 11) is 1.65. The maximum atomic E-state index is 5.60. The number of hydrogen-bond donors (Lipinski definition) is 0. The lowest BCUT2D eigenvalue weighted by atomic mass is 10.1. The molecule has 5 rings (SSSR count). The number of thioether (sulfide) groups is 1. The van der Waals surface area contributed by atoms with Crippen LogP contribution in [0.3, 0.4) is 0 Å². The minimum absolute atomic E-state index is 0.589. The molecule has 32 heavy (non-hydrogen) atoms. The van der Waals surface area contributed by atoms with E-state index in [0.717, 1.165) is 45.9 Å². The van der Waals surface area contributed by atoms with Crippen molar-refractivity contribution in [1.29, 1.82) is 0 Å². The first-order chi connectivity index (χ1) is 15.8. The van der Waals surface area contributed by atoms with Crippen LogP contribution in [-0.2, 0) is 12.2 Å². The van der Waals surface area contributed by atoms with E-state index < -0.39 is 0 Å². The Bertz CT molecular complexity index is 1300. The Balaban J connectivity index is 1.39. The molecular weight excluding hydrogens is 440 g/mol. The Labute approximate surface area is 193 Å². The van der Waals surface area contributed by atoms with Crippen molar-refractivity contribution in [1.82, 2.24) is 19.9 Å². The molecular formula is C24H20N4O2S2. The van der Waals surface area contributed by atoms with Crippen molar-refractivity contribution in [3.05, 3.63) is 94.6 Å². The zero-order valence-electron chi connectivity index (χ0n) is 17.3. The molecule has 0 atom stereocenters. The van der Waals surface area contributed by atoms with Gasteiger partial charge in [0.15, 0.2) is 5.16 Å². The Hall–Kier alpha value is -3.36. The van der Waals surface area contributed by atoms with E-state index in [1.54, 1.807) is 30.2 Å². The highest BCUT2D eigenvalue weighted by molar-refractivity contribution is 7.98. The molecule has 0 amide bonds.